The number of nitrogen functional groups attached to an aromatic ring is 1. The van der Waals surface area contributed by atoms with E-state index in [0.29, 0.717) is 17.0 Å². The predicted molar refractivity (Wildman–Crippen MR) is 74.3 cm³/mol. The number of amides is 1. The Labute approximate surface area is 111 Å². The SMILES string of the molecule is COc1cccc(NC(=O)c2ccc(C)nc2N)c1. The fourth-order valence-electron chi connectivity index (χ4n) is 1.67. The molecule has 98 valence electrons. The summed E-state index contributed by atoms with van der Waals surface area (Å²) in [6.45, 7) is 1.82. The van der Waals surface area contributed by atoms with Crippen LogP contribution < -0.4 is 15.8 Å². The molecular weight excluding hydrogens is 242 g/mol. The summed E-state index contributed by atoms with van der Waals surface area (Å²) in [6.07, 6.45) is 0. The lowest BCUT2D eigenvalue weighted by Gasteiger charge is -2.08. The molecule has 2 rings (SSSR count). The molecule has 1 aromatic heterocycles. The molecule has 19 heavy (non-hydrogen) atoms. The van der Waals surface area contributed by atoms with Gasteiger partial charge in [-0.15, -0.1) is 0 Å². The fourth-order valence-corrected chi connectivity index (χ4v) is 1.67. The first kappa shape index (κ1) is 12.9. The largest absolute Gasteiger partial charge is 0.497 e. The number of aryl methyl sites for hydroxylation is 1. The molecule has 0 atom stereocenters. The normalized spacial score (nSPS) is 10.0. The van der Waals surface area contributed by atoms with E-state index in [2.05, 4.69) is 10.3 Å². The van der Waals surface area contributed by atoms with Crippen molar-refractivity contribution in [2.24, 2.45) is 0 Å². The Bertz CT molecular complexity index is 611. The highest BCUT2D eigenvalue weighted by molar-refractivity contribution is 6.07. The molecule has 0 aliphatic rings. The molecule has 1 amide bonds. The Morgan fingerprint density at radius 2 is 2.11 bits per heavy atom. The number of carbonyl (C=O) groups excluding carboxylic acids is 1. The van der Waals surface area contributed by atoms with E-state index in [1.165, 1.54) is 0 Å². The minimum absolute atomic E-state index is 0.223. The maximum absolute atomic E-state index is 12.1. The number of pyridine rings is 1. The van der Waals surface area contributed by atoms with Crippen LogP contribution >= 0.6 is 0 Å². The predicted octanol–water partition coefficient (Wildman–Crippen LogP) is 2.23. The Kier molecular flexibility index (Phi) is 3.66. The molecule has 1 aromatic carbocycles. The van der Waals surface area contributed by atoms with Crippen LogP contribution in [0, 0.1) is 6.92 Å². The van der Waals surface area contributed by atoms with Gasteiger partial charge in [-0.3, -0.25) is 4.79 Å². The minimum Gasteiger partial charge on any atom is -0.497 e. The van der Waals surface area contributed by atoms with E-state index in [0.717, 1.165) is 5.69 Å². The minimum atomic E-state index is -0.293. The van der Waals surface area contributed by atoms with E-state index in [9.17, 15) is 4.79 Å². The van der Waals surface area contributed by atoms with Crippen LogP contribution in [0.4, 0.5) is 11.5 Å². The highest BCUT2D eigenvalue weighted by atomic mass is 16.5. The van der Waals surface area contributed by atoms with Gasteiger partial charge in [-0.05, 0) is 31.2 Å². The molecule has 0 bridgehead atoms. The van der Waals surface area contributed by atoms with E-state index in [4.69, 9.17) is 10.5 Å². The number of carbonyl (C=O) groups is 1. The topological polar surface area (TPSA) is 77.2 Å². The van der Waals surface area contributed by atoms with Gasteiger partial charge >= 0.3 is 0 Å². The van der Waals surface area contributed by atoms with E-state index >= 15 is 0 Å². The number of benzene rings is 1. The summed E-state index contributed by atoms with van der Waals surface area (Å²) in [5.41, 5.74) is 7.51. The molecular formula is C14H15N3O2. The van der Waals surface area contributed by atoms with Crippen LogP contribution in [-0.4, -0.2) is 18.0 Å². The van der Waals surface area contributed by atoms with Gasteiger partial charge in [0.2, 0.25) is 0 Å². The number of anilines is 2. The van der Waals surface area contributed by atoms with Crippen molar-refractivity contribution in [3.05, 3.63) is 47.7 Å². The van der Waals surface area contributed by atoms with Gasteiger partial charge in [-0.25, -0.2) is 4.98 Å². The van der Waals surface area contributed by atoms with Crippen LogP contribution in [0.5, 0.6) is 5.75 Å². The summed E-state index contributed by atoms with van der Waals surface area (Å²) in [7, 11) is 1.57. The maximum atomic E-state index is 12.1. The first-order chi connectivity index (χ1) is 9.10. The standard InChI is InChI=1S/C14H15N3O2/c1-9-6-7-12(13(15)16-9)14(18)17-10-4-3-5-11(8-10)19-2/h3-8H,1-2H3,(H2,15,16)(H,17,18). The monoisotopic (exact) mass is 257 g/mol. The zero-order chi connectivity index (χ0) is 13.8. The number of hydrogen-bond acceptors (Lipinski definition) is 4. The average molecular weight is 257 g/mol. The Morgan fingerprint density at radius 1 is 1.32 bits per heavy atom. The fraction of sp³-hybridized carbons (Fsp3) is 0.143. The lowest BCUT2D eigenvalue weighted by Crippen LogP contribution is -2.15. The number of rotatable bonds is 3. The van der Waals surface area contributed by atoms with E-state index in [-0.39, 0.29) is 11.7 Å². The van der Waals surface area contributed by atoms with Crippen LogP contribution in [-0.2, 0) is 0 Å². The van der Waals surface area contributed by atoms with Crippen molar-refractivity contribution in [2.75, 3.05) is 18.2 Å². The second-order valence-electron chi connectivity index (χ2n) is 4.07. The highest BCUT2D eigenvalue weighted by Gasteiger charge is 2.11. The van der Waals surface area contributed by atoms with Crippen molar-refractivity contribution in [1.29, 1.82) is 0 Å². The van der Waals surface area contributed by atoms with Crippen LogP contribution in [0.15, 0.2) is 36.4 Å². The summed E-state index contributed by atoms with van der Waals surface area (Å²) in [5, 5.41) is 2.75. The third-order valence-electron chi connectivity index (χ3n) is 2.64. The Balaban J connectivity index is 2.20. The number of nitrogens with one attached hydrogen (secondary N) is 1. The van der Waals surface area contributed by atoms with Crippen LogP contribution in [0.3, 0.4) is 0 Å². The number of hydrogen-bond donors (Lipinski definition) is 2. The van der Waals surface area contributed by atoms with Gasteiger partial charge < -0.3 is 15.8 Å². The summed E-state index contributed by atoms with van der Waals surface area (Å²) < 4.78 is 5.09. The first-order valence-electron chi connectivity index (χ1n) is 5.78. The van der Waals surface area contributed by atoms with Crippen LogP contribution in [0.25, 0.3) is 0 Å². The summed E-state index contributed by atoms with van der Waals surface area (Å²) in [6, 6.07) is 10.5. The second-order valence-corrected chi connectivity index (χ2v) is 4.07. The molecule has 0 unspecified atom stereocenters. The van der Waals surface area contributed by atoms with E-state index in [1.807, 2.05) is 6.92 Å². The van der Waals surface area contributed by atoms with Gasteiger partial charge in [0.1, 0.15) is 11.6 Å². The Hall–Kier alpha value is -2.56. The molecule has 5 heteroatoms. The quantitative estimate of drug-likeness (QED) is 0.884. The molecule has 1 heterocycles. The van der Waals surface area contributed by atoms with Gasteiger partial charge in [0.25, 0.3) is 5.91 Å². The molecule has 0 saturated heterocycles. The van der Waals surface area contributed by atoms with Gasteiger partial charge in [-0.1, -0.05) is 6.07 Å². The lowest BCUT2D eigenvalue weighted by molar-refractivity contribution is 0.102. The molecule has 0 aliphatic carbocycles. The maximum Gasteiger partial charge on any atom is 0.259 e. The van der Waals surface area contributed by atoms with Gasteiger partial charge in [0.15, 0.2) is 0 Å². The van der Waals surface area contributed by atoms with Crippen molar-refractivity contribution in [2.45, 2.75) is 6.92 Å². The summed E-state index contributed by atoms with van der Waals surface area (Å²) in [4.78, 5) is 16.1. The number of nitrogens with zero attached hydrogens (tertiary/aromatic N) is 1. The third-order valence-corrected chi connectivity index (χ3v) is 2.64. The third kappa shape index (κ3) is 3.01. The number of aromatic nitrogens is 1. The molecule has 5 nitrogen and oxygen atoms in total. The van der Waals surface area contributed by atoms with Gasteiger partial charge in [-0.2, -0.15) is 0 Å². The van der Waals surface area contributed by atoms with Crippen LogP contribution in [0.2, 0.25) is 0 Å². The molecule has 0 saturated carbocycles. The Morgan fingerprint density at radius 3 is 2.79 bits per heavy atom. The second kappa shape index (κ2) is 5.39. The molecule has 3 N–H and O–H groups in total. The average Bonchev–Trinajstić information content (AvgIpc) is 2.38. The summed E-state index contributed by atoms with van der Waals surface area (Å²) >= 11 is 0. The number of nitrogens with two attached hydrogens (primary N) is 1. The number of methoxy groups -OCH3 is 1. The van der Waals surface area contributed by atoms with Crippen LogP contribution in [0.1, 0.15) is 16.1 Å². The summed E-state index contributed by atoms with van der Waals surface area (Å²) in [5.74, 6) is 0.603. The lowest BCUT2D eigenvalue weighted by atomic mass is 10.2. The van der Waals surface area contributed by atoms with Crippen molar-refractivity contribution < 1.29 is 9.53 Å². The zero-order valence-corrected chi connectivity index (χ0v) is 10.8. The van der Waals surface area contributed by atoms with E-state index in [1.54, 1.807) is 43.5 Å². The van der Waals surface area contributed by atoms with Crippen molar-refractivity contribution in [3.8, 4) is 5.75 Å². The number of ether oxygens (including phenoxy) is 1. The zero-order valence-electron chi connectivity index (χ0n) is 10.8. The molecule has 0 aliphatic heterocycles. The van der Waals surface area contributed by atoms with Crippen molar-refractivity contribution in [1.82, 2.24) is 4.98 Å². The highest BCUT2D eigenvalue weighted by Crippen LogP contribution is 2.18. The smallest absolute Gasteiger partial charge is 0.259 e. The molecule has 0 radical (unpaired) electrons. The molecule has 0 fully saturated rings. The van der Waals surface area contributed by atoms with Gasteiger partial charge in [0, 0.05) is 17.4 Å². The van der Waals surface area contributed by atoms with Crippen molar-refractivity contribution in [3.63, 3.8) is 0 Å². The van der Waals surface area contributed by atoms with E-state index < -0.39 is 0 Å². The van der Waals surface area contributed by atoms with Crippen molar-refractivity contribution >= 4 is 17.4 Å². The molecule has 2 aromatic rings. The van der Waals surface area contributed by atoms with Gasteiger partial charge in [0.05, 0.1) is 12.7 Å². The molecule has 0 spiro atoms. The first-order valence-corrected chi connectivity index (χ1v) is 5.78.